The summed E-state index contributed by atoms with van der Waals surface area (Å²) in [7, 11) is 0. The summed E-state index contributed by atoms with van der Waals surface area (Å²) in [5.41, 5.74) is 2.15. The topological polar surface area (TPSA) is 29.1 Å². The highest BCUT2D eigenvalue weighted by molar-refractivity contribution is 9.10. The molecule has 98 valence electrons. The first kappa shape index (κ1) is 13.7. The Morgan fingerprint density at radius 1 is 1.26 bits per heavy atom. The Morgan fingerprint density at radius 3 is 2.68 bits per heavy atom. The predicted molar refractivity (Wildman–Crippen MR) is 76.4 cm³/mol. The second-order valence-electron chi connectivity index (χ2n) is 4.27. The number of halogens is 2. The van der Waals surface area contributed by atoms with Gasteiger partial charge in [-0.15, -0.1) is 0 Å². The number of aryl methyl sites for hydroxylation is 1. The highest BCUT2D eigenvalue weighted by Crippen LogP contribution is 2.19. The molecular weight excluding hydrogens is 309 g/mol. The highest BCUT2D eigenvalue weighted by atomic mass is 79.9. The zero-order chi connectivity index (χ0) is 13.8. The van der Waals surface area contributed by atoms with Crippen LogP contribution in [0.1, 0.15) is 21.5 Å². The summed E-state index contributed by atoms with van der Waals surface area (Å²) >= 11 is 3.18. The van der Waals surface area contributed by atoms with Crippen LogP contribution in [0.15, 0.2) is 46.9 Å². The molecule has 0 aliphatic carbocycles. The first-order valence-corrected chi connectivity index (χ1v) is 6.65. The van der Waals surface area contributed by atoms with E-state index in [9.17, 15) is 9.18 Å². The van der Waals surface area contributed by atoms with Crippen molar-refractivity contribution < 1.29 is 9.18 Å². The van der Waals surface area contributed by atoms with Crippen molar-refractivity contribution in [1.29, 1.82) is 0 Å². The molecule has 1 N–H and O–H groups in total. The number of benzene rings is 2. The number of carbonyl (C=O) groups is 1. The molecular formula is C15H13BrFNO. The zero-order valence-electron chi connectivity index (χ0n) is 10.4. The van der Waals surface area contributed by atoms with Gasteiger partial charge in [0, 0.05) is 11.0 Å². The van der Waals surface area contributed by atoms with E-state index in [1.807, 2.05) is 31.2 Å². The fourth-order valence-electron chi connectivity index (χ4n) is 1.81. The van der Waals surface area contributed by atoms with Gasteiger partial charge in [0.05, 0.1) is 5.56 Å². The van der Waals surface area contributed by atoms with E-state index >= 15 is 0 Å². The molecule has 2 aromatic carbocycles. The molecule has 2 rings (SSSR count). The van der Waals surface area contributed by atoms with Crippen LogP contribution >= 0.6 is 15.9 Å². The Morgan fingerprint density at radius 2 is 2.00 bits per heavy atom. The van der Waals surface area contributed by atoms with Gasteiger partial charge in [-0.2, -0.15) is 0 Å². The molecule has 0 aliphatic rings. The molecule has 0 radical (unpaired) electrons. The molecule has 0 aromatic heterocycles. The molecule has 2 nitrogen and oxygen atoms in total. The van der Waals surface area contributed by atoms with Gasteiger partial charge in [-0.25, -0.2) is 4.39 Å². The van der Waals surface area contributed by atoms with Crippen LogP contribution in [-0.2, 0) is 6.54 Å². The summed E-state index contributed by atoms with van der Waals surface area (Å²) < 4.78 is 14.1. The van der Waals surface area contributed by atoms with Gasteiger partial charge in [0.2, 0.25) is 0 Å². The van der Waals surface area contributed by atoms with Crippen molar-refractivity contribution in [3.8, 4) is 0 Å². The summed E-state index contributed by atoms with van der Waals surface area (Å²) in [6, 6.07) is 12.3. The van der Waals surface area contributed by atoms with Crippen molar-refractivity contribution in [1.82, 2.24) is 5.32 Å². The van der Waals surface area contributed by atoms with Crippen LogP contribution in [0.5, 0.6) is 0 Å². The van der Waals surface area contributed by atoms with Crippen LogP contribution in [0.4, 0.5) is 4.39 Å². The third-order valence-electron chi connectivity index (χ3n) is 2.73. The molecule has 0 aliphatic heterocycles. The molecule has 4 heteroatoms. The Labute approximate surface area is 119 Å². The van der Waals surface area contributed by atoms with Crippen molar-refractivity contribution in [2.24, 2.45) is 0 Å². The lowest BCUT2D eigenvalue weighted by Crippen LogP contribution is -2.24. The zero-order valence-corrected chi connectivity index (χ0v) is 12.0. The summed E-state index contributed by atoms with van der Waals surface area (Å²) in [5.74, 6) is -0.956. The quantitative estimate of drug-likeness (QED) is 0.914. The maximum atomic E-state index is 13.6. The largest absolute Gasteiger partial charge is 0.348 e. The molecule has 0 saturated carbocycles. The van der Waals surface area contributed by atoms with Crippen LogP contribution < -0.4 is 5.32 Å². The number of rotatable bonds is 3. The van der Waals surface area contributed by atoms with Gasteiger partial charge in [-0.05, 0) is 40.5 Å². The molecule has 2 aromatic rings. The minimum Gasteiger partial charge on any atom is -0.348 e. The first-order chi connectivity index (χ1) is 9.08. The van der Waals surface area contributed by atoms with Gasteiger partial charge in [0.25, 0.3) is 5.91 Å². The van der Waals surface area contributed by atoms with E-state index in [0.29, 0.717) is 11.0 Å². The van der Waals surface area contributed by atoms with Crippen LogP contribution in [0.2, 0.25) is 0 Å². The molecule has 0 heterocycles. The van der Waals surface area contributed by atoms with E-state index in [1.54, 1.807) is 12.1 Å². The molecule has 0 fully saturated rings. The Hall–Kier alpha value is -1.68. The maximum absolute atomic E-state index is 13.6. The molecule has 0 bridgehead atoms. The number of nitrogens with one attached hydrogen (secondary N) is 1. The summed E-state index contributed by atoms with van der Waals surface area (Å²) in [6.07, 6.45) is 0. The lowest BCUT2D eigenvalue weighted by atomic mass is 10.1. The Bertz CT molecular complexity index is 593. The average molecular weight is 322 g/mol. The van der Waals surface area contributed by atoms with E-state index in [4.69, 9.17) is 0 Å². The number of hydrogen-bond acceptors (Lipinski definition) is 1. The maximum Gasteiger partial charge on any atom is 0.255 e. The number of hydrogen-bond donors (Lipinski definition) is 1. The van der Waals surface area contributed by atoms with Crippen molar-refractivity contribution in [3.63, 3.8) is 0 Å². The molecule has 1 amide bonds. The minimum atomic E-state index is -0.531. The molecule has 0 unspecified atom stereocenters. The first-order valence-electron chi connectivity index (χ1n) is 5.85. The van der Waals surface area contributed by atoms with E-state index in [-0.39, 0.29) is 5.56 Å². The average Bonchev–Trinajstić information content (AvgIpc) is 2.36. The third-order valence-corrected chi connectivity index (χ3v) is 3.39. The molecule has 0 spiro atoms. The van der Waals surface area contributed by atoms with Gasteiger partial charge in [-0.1, -0.05) is 35.9 Å². The van der Waals surface area contributed by atoms with Crippen LogP contribution in [0.25, 0.3) is 0 Å². The second-order valence-corrected chi connectivity index (χ2v) is 5.12. The van der Waals surface area contributed by atoms with E-state index < -0.39 is 11.7 Å². The Balaban J connectivity index is 2.10. The monoisotopic (exact) mass is 321 g/mol. The Kier molecular flexibility index (Phi) is 4.32. The van der Waals surface area contributed by atoms with Gasteiger partial charge < -0.3 is 5.32 Å². The predicted octanol–water partition coefficient (Wildman–Crippen LogP) is 3.83. The number of carbonyl (C=O) groups excluding carboxylic acids is 1. The lowest BCUT2D eigenvalue weighted by molar-refractivity contribution is 0.0946. The van der Waals surface area contributed by atoms with E-state index in [1.165, 1.54) is 6.07 Å². The second kappa shape index (κ2) is 5.97. The SMILES string of the molecule is Cc1cccc(CNC(=O)c2c(F)cccc2Br)c1. The molecule has 0 saturated heterocycles. The fraction of sp³-hybridized carbons (Fsp3) is 0.133. The third kappa shape index (κ3) is 3.41. The fourth-order valence-corrected chi connectivity index (χ4v) is 2.33. The highest BCUT2D eigenvalue weighted by Gasteiger charge is 2.14. The van der Waals surface area contributed by atoms with Crippen molar-refractivity contribution in [2.75, 3.05) is 0 Å². The van der Waals surface area contributed by atoms with Gasteiger partial charge >= 0.3 is 0 Å². The summed E-state index contributed by atoms with van der Waals surface area (Å²) in [5, 5.41) is 2.72. The van der Waals surface area contributed by atoms with E-state index in [2.05, 4.69) is 21.2 Å². The van der Waals surface area contributed by atoms with Crippen molar-refractivity contribution in [3.05, 3.63) is 69.4 Å². The normalized spacial score (nSPS) is 10.3. The van der Waals surface area contributed by atoms with Gasteiger partial charge in [0.1, 0.15) is 5.82 Å². The van der Waals surface area contributed by atoms with Gasteiger partial charge in [-0.3, -0.25) is 4.79 Å². The number of amides is 1. The van der Waals surface area contributed by atoms with Crippen molar-refractivity contribution >= 4 is 21.8 Å². The van der Waals surface area contributed by atoms with Crippen LogP contribution in [0, 0.1) is 12.7 Å². The molecule has 19 heavy (non-hydrogen) atoms. The summed E-state index contributed by atoms with van der Waals surface area (Å²) in [6.45, 7) is 2.36. The van der Waals surface area contributed by atoms with Crippen LogP contribution in [0.3, 0.4) is 0 Å². The minimum absolute atomic E-state index is 0.0372. The van der Waals surface area contributed by atoms with Crippen LogP contribution in [-0.4, -0.2) is 5.91 Å². The van der Waals surface area contributed by atoms with E-state index in [0.717, 1.165) is 11.1 Å². The van der Waals surface area contributed by atoms with Gasteiger partial charge in [0.15, 0.2) is 0 Å². The lowest BCUT2D eigenvalue weighted by Gasteiger charge is -2.08. The smallest absolute Gasteiger partial charge is 0.255 e. The molecule has 0 atom stereocenters. The summed E-state index contributed by atoms with van der Waals surface area (Å²) in [4.78, 5) is 12.0. The standard InChI is InChI=1S/C15H13BrFNO/c1-10-4-2-5-11(8-10)9-18-15(19)14-12(16)6-3-7-13(14)17/h2-8H,9H2,1H3,(H,18,19). The van der Waals surface area contributed by atoms with Crippen molar-refractivity contribution in [2.45, 2.75) is 13.5 Å².